The van der Waals surface area contributed by atoms with Crippen molar-refractivity contribution in [3.05, 3.63) is 53.4 Å². The maximum atomic E-state index is 12.2. The molecule has 8 heteroatoms. The molecule has 1 N–H and O–H groups in total. The van der Waals surface area contributed by atoms with Crippen molar-refractivity contribution in [3.63, 3.8) is 0 Å². The van der Waals surface area contributed by atoms with Gasteiger partial charge in [-0.25, -0.2) is 0 Å². The molecule has 0 unspecified atom stereocenters. The van der Waals surface area contributed by atoms with Crippen molar-refractivity contribution in [1.82, 2.24) is 10.2 Å². The molecule has 0 aliphatic heterocycles. The Morgan fingerprint density at radius 3 is 2.63 bits per heavy atom. The van der Waals surface area contributed by atoms with Crippen LogP contribution in [0.5, 0.6) is 11.5 Å². The van der Waals surface area contributed by atoms with Crippen LogP contribution in [0.4, 0.5) is 5.69 Å². The first-order valence-electron chi connectivity index (χ1n) is 8.20. The zero-order valence-electron chi connectivity index (χ0n) is 14.9. The van der Waals surface area contributed by atoms with E-state index in [2.05, 4.69) is 15.5 Å². The molecule has 0 saturated heterocycles. The lowest BCUT2D eigenvalue weighted by atomic mass is 10.2. The predicted molar refractivity (Wildman–Crippen MR) is 101 cm³/mol. The predicted octanol–water partition coefficient (Wildman–Crippen LogP) is 3.98. The minimum Gasteiger partial charge on any atom is -0.493 e. The van der Waals surface area contributed by atoms with Crippen molar-refractivity contribution in [2.75, 3.05) is 19.5 Å². The quantitative estimate of drug-likeness (QED) is 0.659. The summed E-state index contributed by atoms with van der Waals surface area (Å²) in [6.07, 6.45) is 0.509. The van der Waals surface area contributed by atoms with E-state index in [0.717, 1.165) is 0 Å². The fraction of sp³-hybridized carbons (Fsp3) is 0.211. The van der Waals surface area contributed by atoms with Gasteiger partial charge in [-0.3, -0.25) is 4.79 Å². The van der Waals surface area contributed by atoms with Crippen molar-refractivity contribution < 1.29 is 18.7 Å². The highest BCUT2D eigenvalue weighted by atomic mass is 35.5. The number of carbonyl (C=O) groups is 1. The highest BCUT2D eigenvalue weighted by molar-refractivity contribution is 6.33. The second-order valence-electron chi connectivity index (χ2n) is 5.60. The Hall–Kier alpha value is -3.06. The van der Waals surface area contributed by atoms with Gasteiger partial charge >= 0.3 is 0 Å². The van der Waals surface area contributed by atoms with Gasteiger partial charge in [0.05, 0.1) is 24.8 Å². The second kappa shape index (κ2) is 8.55. The minimum absolute atomic E-state index is 0.181. The summed E-state index contributed by atoms with van der Waals surface area (Å²) >= 11 is 6.12. The van der Waals surface area contributed by atoms with Crippen molar-refractivity contribution in [3.8, 4) is 23.0 Å². The number of carbonyl (C=O) groups excluding carboxylic acids is 1. The maximum absolute atomic E-state index is 12.2. The van der Waals surface area contributed by atoms with Crippen LogP contribution >= 0.6 is 11.6 Å². The third-order valence-electron chi connectivity index (χ3n) is 3.80. The fourth-order valence-corrected chi connectivity index (χ4v) is 2.67. The van der Waals surface area contributed by atoms with Crippen LogP contribution in [0.3, 0.4) is 0 Å². The van der Waals surface area contributed by atoms with E-state index in [9.17, 15) is 4.79 Å². The van der Waals surface area contributed by atoms with Gasteiger partial charge in [-0.15, -0.1) is 10.2 Å². The summed E-state index contributed by atoms with van der Waals surface area (Å²) in [5.74, 6) is 1.65. The SMILES string of the molecule is COc1ccc(NC(=O)CCc2nnc(-c3ccccc3Cl)o2)cc1OC. The Morgan fingerprint density at radius 1 is 1.11 bits per heavy atom. The number of amides is 1. The Bertz CT molecular complexity index is 942. The summed E-state index contributed by atoms with van der Waals surface area (Å²) in [6.45, 7) is 0. The summed E-state index contributed by atoms with van der Waals surface area (Å²) in [5.41, 5.74) is 1.27. The van der Waals surface area contributed by atoms with Gasteiger partial charge in [0.1, 0.15) is 0 Å². The van der Waals surface area contributed by atoms with Crippen LogP contribution in [0.15, 0.2) is 46.9 Å². The third kappa shape index (κ3) is 4.57. The van der Waals surface area contributed by atoms with Gasteiger partial charge in [-0.1, -0.05) is 23.7 Å². The number of aromatic nitrogens is 2. The molecule has 3 aromatic rings. The molecular formula is C19H18ClN3O4. The molecule has 140 valence electrons. The standard InChI is InChI=1S/C19H18ClN3O4/c1-25-15-8-7-12(11-16(15)26-2)21-17(24)9-10-18-22-23-19(27-18)13-5-3-4-6-14(13)20/h3-8,11H,9-10H2,1-2H3,(H,21,24). The largest absolute Gasteiger partial charge is 0.493 e. The second-order valence-corrected chi connectivity index (χ2v) is 6.01. The molecule has 0 spiro atoms. The van der Waals surface area contributed by atoms with Crippen LogP contribution in [0.25, 0.3) is 11.5 Å². The van der Waals surface area contributed by atoms with Gasteiger partial charge in [0.2, 0.25) is 17.7 Å². The van der Waals surface area contributed by atoms with Gasteiger partial charge in [0, 0.05) is 24.6 Å². The first-order chi connectivity index (χ1) is 13.1. The number of nitrogens with one attached hydrogen (secondary N) is 1. The van der Waals surface area contributed by atoms with Crippen LogP contribution in [-0.2, 0) is 11.2 Å². The average Bonchev–Trinajstić information content (AvgIpc) is 3.15. The molecule has 0 aliphatic carbocycles. The van der Waals surface area contributed by atoms with Gasteiger partial charge in [-0.2, -0.15) is 0 Å². The van der Waals surface area contributed by atoms with Gasteiger partial charge in [0.25, 0.3) is 0 Å². The minimum atomic E-state index is -0.181. The van der Waals surface area contributed by atoms with E-state index in [1.54, 1.807) is 37.4 Å². The number of nitrogens with zero attached hydrogens (tertiary/aromatic N) is 2. The van der Waals surface area contributed by atoms with Crippen molar-refractivity contribution >= 4 is 23.2 Å². The Kier molecular flexibility index (Phi) is 5.93. The fourth-order valence-electron chi connectivity index (χ4n) is 2.46. The Balaban J connectivity index is 1.59. The summed E-state index contributed by atoms with van der Waals surface area (Å²) in [4.78, 5) is 12.2. The molecule has 2 aromatic carbocycles. The summed E-state index contributed by atoms with van der Waals surface area (Å²) in [5, 5.41) is 11.3. The molecule has 0 fully saturated rings. The number of ether oxygens (including phenoxy) is 2. The molecule has 0 bridgehead atoms. The van der Waals surface area contributed by atoms with E-state index in [4.69, 9.17) is 25.5 Å². The Labute approximate surface area is 161 Å². The number of aryl methyl sites for hydroxylation is 1. The molecular weight excluding hydrogens is 370 g/mol. The number of halogens is 1. The molecule has 1 heterocycles. The monoisotopic (exact) mass is 387 g/mol. The highest BCUT2D eigenvalue weighted by Gasteiger charge is 2.13. The molecule has 0 saturated carbocycles. The van der Waals surface area contributed by atoms with Gasteiger partial charge < -0.3 is 19.2 Å². The number of rotatable bonds is 7. The van der Waals surface area contributed by atoms with Gasteiger partial charge in [-0.05, 0) is 24.3 Å². The van der Waals surface area contributed by atoms with Crippen LogP contribution in [0, 0.1) is 0 Å². The summed E-state index contributed by atoms with van der Waals surface area (Å²) < 4.78 is 16.0. The molecule has 1 amide bonds. The maximum Gasteiger partial charge on any atom is 0.249 e. The van der Waals surface area contributed by atoms with E-state index < -0.39 is 0 Å². The topological polar surface area (TPSA) is 86.5 Å². The number of methoxy groups -OCH3 is 2. The zero-order chi connectivity index (χ0) is 19.2. The van der Waals surface area contributed by atoms with E-state index >= 15 is 0 Å². The zero-order valence-corrected chi connectivity index (χ0v) is 15.6. The molecule has 7 nitrogen and oxygen atoms in total. The number of hydrogen-bond acceptors (Lipinski definition) is 6. The molecule has 0 aliphatic rings. The van der Waals surface area contributed by atoms with Crippen molar-refractivity contribution in [2.24, 2.45) is 0 Å². The summed E-state index contributed by atoms with van der Waals surface area (Å²) in [6, 6.07) is 12.4. The highest BCUT2D eigenvalue weighted by Crippen LogP contribution is 2.30. The van der Waals surface area contributed by atoms with Crippen LogP contribution in [-0.4, -0.2) is 30.3 Å². The summed E-state index contributed by atoms with van der Waals surface area (Å²) in [7, 11) is 3.09. The van der Waals surface area contributed by atoms with E-state index in [1.165, 1.54) is 7.11 Å². The molecule has 27 heavy (non-hydrogen) atoms. The number of hydrogen-bond donors (Lipinski definition) is 1. The van der Waals surface area contributed by atoms with Gasteiger partial charge in [0.15, 0.2) is 11.5 Å². The van der Waals surface area contributed by atoms with E-state index in [-0.39, 0.29) is 12.3 Å². The van der Waals surface area contributed by atoms with Crippen LogP contribution in [0.1, 0.15) is 12.3 Å². The van der Waals surface area contributed by atoms with E-state index in [0.29, 0.717) is 46.0 Å². The molecule has 1 aromatic heterocycles. The lowest BCUT2D eigenvalue weighted by molar-refractivity contribution is -0.116. The molecule has 0 atom stereocenters. The van der Waals surface area contributed by atoms with Crippen LogP contribution in [0.2, 0.25) is 5.02 Å². The normalized spacial score (nSPS) is 10.5. The Morgan fingerprint density at radius 2 is 1.89 bits per heavy atom. The molecule has 3 rings (SSSR count). The smallest absolute Gasteiger partial charge is 0.249 e. The van der Waals surface area contributed by atoms with Crippen molar-refractivity contribution in [2.45, 2.75) is 12.8 Å². The van der Waals surface area contributed by atoms with Crippen molar-refractivity contribution in [1.29, 1.82) is 0 Å². The first kappa shape index (κ1) is 18.7. The lowest BCUT2D eigenvalue weighted by Gasteiger charge is -2.10. The third-order valence-corrected chi connectivity index (χ3v) is 4.13. The van der Waals surface area contributed by atoms with Crippen LogP contribution < -0.4 is 14.8 Å². The molecule has 0 radical (unpaired) electrons. The van der Waals surface area contributed by atoms with E-state index in [1.807, 2.05) is 12.1 Å². The number of anilines is 1. The lowest BCUT2D eigenvalue weighted by Crippen LogP contribution is -2.12. The first-order valence-corrected chi connectivity index (χ1v) is 8.57. The average molecular weight is 388 g/mol. The number of benzene rings is 2.